The summed E-state index contributed by atoms with van der Waals surface area (Å²) in [5.41, 5.74) is 4.27. The van der Waals surface area contributed by atoms with Crippen molar-refractivity contribution in [3.63, 3.8) is 0 Å². The summed E-state index contributed by atoms with van der Waals surface area (Å²) in [5.74, 6) is -1.31. The van der Waals surface area contributed by atoms with Crippen molar-refractivity contribution in [3.05, 3.63) is 0 Å². The second-order valence-electron chi connectivity index (χ2n) is 5.60. The minimum absolute atomic E-state index is 0. The van der Waals surface area contributed by atoms with Crippen molar-refractivity contribution in [1.82, 2.24) is 5.32 Å². The zero-order valence-corrected chi connectivity index (χ0v) is 14.1. The molecule has 10 heteroatoms. The Labute approximate surface area is 143 Å². The summed E-state index contributed by atoms with van der Waals surface area (Å²) in [5, 5.41) is 40.4. The van der Waals surface area contributed by atoms with Crippen LogP contribution in [0.3, 0.4) is 0 Å². The van der Waals surface area contributed by atoms with Crippen LogP contribution in [-0.2, 0) is 4.79 Å². The smallest absolute Gasteiger partial charge is 0.451 e. The predicted molar refractivity (Wildman–Crippen MR) is 89.5 cm³/mol. The number of carboxylic acids is 1. The zero-order valence-electron chi connectivity index (χ0n) is 12.5. The molecule has 1 aliphatic heterocycles. The van der Waals surface area contributed by atoms with Crippen molar-refractivity contribution in [2.24, 2.45) is 11.7 Å². The number of piperidine rings is 1. The lowest BCUT2D eigenvalue weighted by atomic mass is 9.76. The van der Waals surface area contributed by atoms with Gasteiger partial charge >= 0.3 is 13.1 Å². The Morgan fingerprint density at radius 2 is 1.82 bits per heavy atom. The number of aliphatic hydroxyl groups excluding tert-OH is 1. The monoisotopic (exact) mass is 360 g/mol. The lowest BCUT2D eigenvalue weighted by Crippen LogP contribution is -2.60. The first-order chi connectivity index (χ1) is 9.38. The van der Waals surface area contributed by atoms with E-state index in [1.54, 1.807) is 0 Å². The number of halogens is 2. The average molecular weight is 361 g/mol. The van der Waals surface area contributed by atoms with E-state index < -0.39 is 24.7 Å². The SMILES string of the molecule is Cl.Cl.NC(CCCCB(O)O)(C(=O)O)C(O)C1CCNCC1. The molecule has 132 valence electrons. The number of carbonyl (C=O) groups is 1. The van der Waals surface area contributed by atoms with Crippen LogP contribution < -0.4 is 11.1 Å². The third kappa shape index (κ3) is 7.00. The highest BCUT2D eigenvalue weighted by atomic mass is 35.5. The number of rotatable bonds is 8. The number of nitrogens with one attached hydrogen (secondary N) is 1. The van der Waals surface area contributed by atoms with Gasteiger partial charge in [0.1, 0.15) is 5.54 Å². The van der Waals surface area contributed by atoms with Gasteiger partial charge in [-0.1, -0.05) is 12.8 Å². The highest BCUT2D eigenvalue weighted by Crippen LogP contribution is 2.27. The van der Waals surface area contributed by atoms with Crippen LogP contribution in [0.1, 0.15) is 32.1 Å². The maximum atomic E-state index is 11.4. The molecule has 0 aliphatic carbocycles. The molecule has 2 unspecified atom stereocenters. The van der Waals surface area contributed by atoms with E-state index in [9.17, 15) is 15.0 Å². The number of hydrogen-bond donors (Lipinski definition) is 6. The van der Waals surface area contributed by atoms with Crippen LogP contribution in [0.25, 0.3) is 0 Å². The molecule has 7 nitrogen and oxygen atoms in total. The molecule has 0 radical (unpaired) electrons. The van der Waals surface area contributed by atoms with E-state index in [-0.39, 0.29) is 43.5 Å². The van der Waals surface area contributed by atoms with E-state index in [0.29, 0.717) is 25.7 Å². The van der Waals surface area contributed by atoms with E-state index >= 15 is 0 Å². The number of unbranched alkanes of at least 4 members (excludes halogenated alkanes) is 1. The second kappa shape index (κ2) is 11.5. The van der Waals surface area contributed by atoms with Crippen LogP contribution in [0.15, 0.2) is 0 Å². The van der Waals surface area contributed by atoms with E-state index in [0.717, 1.165) is 13.1 Å². The van der Waals surface area contributed by atoms with Crippen LogP contribution in [0, 0.1) is 5.92 Å². The number of aliphatic hydroxyl groups is 1. The molecule has 0 bridgehead atoms. The Bertz CT molecular complexity index is 322. The van der Waals surface area contributed by atoms with Crippen LogP contribution >= 0.6 is 24.8 Å². The maximum Gasteiger partial charge on any atom is 0.451 e. The molecule has 0 aromatic rings. The van der Waals surface area contributed by atoms with E-state index in [1.807, 2.05) is 0 Å². The highest BCUT2D eigenvalue weighted by Gasteiger charge is 2.44. The predicted octanol–water partition coefficient (Wildman–Crippen LogP) is -0.384. The van der Waals surface area contributed by atoms with Crippen molar-refractivity contribution in [2.45, 2.75) is 50.1 Å². The molecule has 0 aromatic heterocycles. The van der Waals surface area contributed by atoms with Crippen LogP contribution in [0.2, 0.25) is 6.32 Å². The fourth-order valence-corrected chi connectivity index (χ4v) is 2.71. The molecule has 0 aromatic carbocycles. The minimum Gasteiger partial charge on any atom is -0.480 e. The lowest BCUT2D eigenvalue weighted by Gasteiger charge is -2.37. The first-order valence-corrected chi connectivity index (χ1v) is 7.15. The summed E-state index contributed by atoms with van der Waals surface area (Å²) in [6.07, 6.45) is 1.54. The Morgan fingerprint density at radius 1 is 1.27 bits per heavy atom. The molecule has 2 atom stereocenters. The van der Waals surface area contributed by atoms with Gasteiger partial charge < -0.3 is 31.3 Å². The van der Waals surface area contributed by atoms with Gasteiger partial charge in [-0.2, -0.15) is 0 Å². The molecule has 1 aliphatic rings. The Balaban J connectivity index is 0. The fraction of sp³-hybridized carbons (Fsp3) is 0.917. The molecule has 1 rings (SSSR count). The van der Waals surface area contributed by atoms with Crippen molar-refractivity contribution in [1.29, 1.82) is 0 Å². The van der Waals surface area contributed by atoms with Crippen LogP contribution in [-0.4, -0.2) is 58.1 Å². The summed E-state index contributed by atoms with van der Waals surface area (Å²) in [6.45, 7) is 1.52. The van der Waals surface area contributed by atoms with Gasteiger partial charge in [0.25, 0.3) is 0 Å². The van der Waals surface area contributed by atoms with Gasteiger partial charge in [0.2, 0.25) is 0 Å². The molecule has 1 saturated heterocycles. The number of nitrogens with two attached hydrogens (primary N) is 1. The van der Waals surface area contributed by atoms with Crippen molar-refractivity contribution in [3.8, 4) is 0 Å². The quantitative estimate of drug-likeness (QED) is 0.256. The average Bonchev–Trinajstić information content (AvgIpc) is 2.43. The van der Waals surface area contributed by atoms with Gasteiger partial charge in [-0.15, -0.1) is 24.8 Å². The van der Waals surface area contributed by atoms with Gasteiger partial charge in [0.05, 0.1) is 6.10 Å². The van der Waals surface area contributed by atoms with Crippen LogP contribution in [0.4, 0.5) is 0 Å². The van der Waals surface area contributed by atoms with Gasteiger partial charge in [0, 0.05) is 0 Å². The molecule has 1 heterocycles. The summed E-state index contributed by atoms with van der Waals surface area (Å²) in [6, 6.07) is 0. The van der Waals surface area contributed by atoms with Crippen molar-refractivity contribution in [2.75, 3.05) is 13.1 Å². The molecular weight excluding hydrogens is 334 g/mol. The topological polar surface area (TPSA) is 136 Å². The molecule has 0 spiro atoms. The summed E-state index contributed by atoms with van der Waals surface area (Å²) < 4.78 is 0. The highest BCUT2D eigenvalue weighted by molar-refractivity contribution is 6.40. The summed E-state index contributed by atoms with van der Waals surface area (Å²) >= 11 is 0. The minimum atomic E-state index is -1.66. The Morgan fingerprint density at radius 3 is 2.27 bits per heavy atom. The zero-order chi connectivity index (χ0) is 15.2. The Hall–Kier alpha value is -0.0851. The number of hydrogen-bond acceptors (Lipinski definition) is 6. The van der Waals surface area contributed by atoms with Gasteiger partial charge in [0.15, 0.2) is 0 Å². The molecule has 0 saturated carbocycles. The van der Waals surface area contributed by atoms with Crippen LogP contribution in [0.5, 0.6) is 0 Å². The molecule has 0 amide bonds. The molecular formula is C12H27BCl2N2O5. The molecule has 22 heavy (non-hydrogen) atoms. The fourth-order valence-electron chi connectivity index (χ4n) is 2.71. The number of carboxylic acid groups (broad SMARTS) is 1. The van der Waals surface area contributed by atoms with Gasteiger partial charge in [-0.25, -0.2) is 0 Å². The summed E-state index contributed by atoms with van der Waals surface area (Å²) in [7, 11) is -1.39. The van der Waals surface area contributed by atoms with Gasteiger partial charge in [-0.3, -0.25) is 4.79 Å². The lowest BCUT2D eigenvalue weighted by molar-refractivity contribution is -0.150. The van der Waals surface area contributed by atoms with Gasteiger partial charge in [-0.05, 0) is 44.6 Å². The largest absolute Gasteiger partial charge is 0.480 e. The molecule has 7 N–H and O–H groups in total. The normalized spacial score (nSPS) is 19.3. The van der Waals surface area contributed by atoms with Crippen molar-refractivity contribution < 1.29 is 25.1 Å². The second-order valence-corrected chi connectivity index (χ2v) is 5.60. The maximum absolute atomic E-state index is 11.4. The first-order valence-electron chi connectivity index (χ1n) is 7.15. The van der Waals surface area contributed by atoms with E-state index in [1.165, 1.54) is 0 Å². The molecule has 1 fully saturated rings. The Kier molecular flexibility index (Phi) is 12.6. The van der Waals surface area contributed by atoms with E-state index in [2.05, 4.69) is 5.32 Å². The number of aliphatic carboxylic acids is 1. The third-order valence-electron chi connectivity index (χ3n) is 4.06. The third-order valence-corrected chi connectivity index (χ3v) is 4.06. The summed E-state index contributed by atoms with van der Waals surface area (Å²) in [4.78, 5) is 11.4. The standard InChI is InChI=1S/C12H25BN2O5.2ClH/c14-12(11(17)18,5-1-2-6-13(19)20)10(16)9-3-7-15-8-4-9;;/h9-10,15-16,19-20H,1-8,14H2,(H,17,18);2*1H. The van der Waals surface area contributed by atoms with E-state index in [4.69, 9.17) is 15.8 Å². The first kappa shape index (κ1) is 24.2. The van der Waals surface area contributed by atoms with Crippen molar-refractivity contribution >= 4 is 37.9 Å².